The van der Waals surface area contributed by atoms with Crippen molar-refractivity contribution in [3.05, 3.63) is 33.5 Å². The van der Waals surface area contributed by atoms with Crippen molar-refractivity contribution in [1.82, 2.24) is 0 Å². The van der Waals surface area contributed by atoms with Crippen LogP contribution >= 0.6 is 11.3 Å². The Balaban J connectivity index is 1.80. The van der Waals surface area contributed by atoms with Gasteiger partial charge in [-0.3, -0.25) is 0 Å². The van der Waals surface area contributed by atoms with Crippen molar-refractivity contribution in [2.45, 2.75) is 39.0 Å². The second kappa shape index (κ2) is 5.50. The number of carboxylic acid groups (broad SMARTS) is 1. The second-order valence-corrected chi connectivity index (χ2v) is 5.85. The number of allylic oxidation sites excluding steroid dienone is 2. The second-order valence-electron chi connectivity index (χ2n) is 4.68. The Morgan fingerprint density at radius 1 is 1.47 bits per heavy atom. The van der Waals surface area contributed by atoms with E-state index in [0.29, 0.717) is 4.88 Å². The molecule has 92 valence electrons. The molecule has 1 N–H and O–H groups in total. The van der Waals surface area contributed by atoms with Gasteiger partial charge in [-0.1, -0.05) is 18.6 Å². The first-order valence-electron chi connectivity index (χ1n) is 6.17. The van der Waals surface area contributed by atoms with Crippen LogP contribution in [-0.4, -0.2) is 11.1 Å². The number of aryl methyl sites for hydroxylation is 1. The smallest absolute Gasteiger partial charge is 0.345 e. The number of hydrogen-bond donors (Lipinski definition) is 1. The molecule has 0 amide bonds. The Kier molecular flexibility index (Phi) is 4.00. The zero-order valence-corrected chi connectivity index (χ0v) is 10.9. The fourth-order valence-electron chi connectivity index (χ4n) is 2.35. The van der Waals surface area contributed by atoms with Gasteiger partial charge in [-0.25, -0.2) is 4.79 Å². The van der Waals surface area contributed by atoms with E-state index in [1.807, 2.05) is 6.07 Å². The van der Waals surface area contributed by atoms with E-state index < -0.39 is 5.97 Å². The molecule has 0 aliphatic heterocycles. The quantitative estimate of drug-likeness (QED) is 0.798. The molecule has 0 aromatic carbocycles. The molecule has 1 aromatic rings. The van der Waals surface area contributed by atoms with E-state index in [-0.39, 0.29) is 0 Å². The summed E-state index contributed by atoms with van der Waals surface area (Å²) in [6.45, 7) is 2.30. The Morgan fingerprint density at radius 2 is 2.29 bits per heavy atom. The maximum absolute atomic E-state index is 10.7. The Bertz CT molecular complexity index is 431. The highest BCUT2D eigenvalue weighted by Crippen LogP contribution is 2.29. The summed E-state index contributed by atoms with van der Waals surface area (Å²) in [5.41, 5.74) is 1.60. The minimum Gasteiger partial charge on any atom is -0.477 e. The summed E-state index contributed by atoms with van der Waals surface area (Å²) in [5, 5.41) is 8.83. The standard InChI is InChI=1S/C14H18O2S/c1-10-4-2-5-11(10)6-3-7-12-8-9-13(17-12)14(15)16/h5,8-10H,2-4,6-7H2,1H3,(H,15,16). The van der Waals surface area contributed by atoms with Crippen molar-refractivity contribution < 1.29 is 9.90 Å². The number of rotatable bonds is 5. The van der Waals surface area contributed by atoms with Gasteiger partial charge in [0, 0.05) is 4.88 Å². The van der Waals surface area contributed by atoms with Crippen LogP contribution in [0.3, 0.4) is 0 Å². The van der Waals surface area contributed by atoms with Crippen LogP contribution in [-0.2, 0) is 6.42 Å². The molecule has 0 saturated heterocycles. The molecular formula is C14H18O2S. The molecule has 1 unspecified atom stereocenters. The average molecular weight is 250 g/mol. The molecule has 1 aliphatic carbocycles. The molecule has 1 atom stereocenters. The largest absolute Gasteiger partial charge is 0.477 e. The number of thiophene rings is 1. The Labute approximate surface area is 106 Å². The molecule has 2 nitrogen and oxygen atoms in total. The Morgan fingerprint density at radius 3 is 2.88 bits per heavy atom. The van der Waals surface area contributed by atoms with Crippen LogP contribution in [0.25, 0.3) is 0 Å². The molecule has 2 rings (SSSR count). The van der Waals surface area contributed by atoms with Crippen LogP contribution in [0.2, 0.25) is 0 Å². The van der Waals surface area contributed by atoms with Gasteiger partial charge in [0.05, 0.1) is 0 Å². The first-order chi connectivity index (χ1) is 8.16. The van der Waals surface area contributed by atoms with Gasteiger partial charge in [0.2, 0.25) is 0 Å². The fraction of sp³-hybridized carbons (Fsp3) is 0.500. The van der Waals surface area contributed by atoms with Crippen LogP contribution < -0.4 is 0 Å². The van der Waals surface area contributed by atoms with E-state index in [4.69, 9.17) is 5.11 Å². The lowest BCUT2D eigenvalue weighted by molar-refractivity contribution is 0.0702. The van der Waals surface area contributed by atoms with Crippen LogP contribution in [0.15, 0.2) is 23.8 Å². The molecule has 17 heavy (non-hydrogen) atoms. The molecule has 0 radical (unpaired) electrons. The summed E-state index contributed by atoms with van der Waals surface area (Å²) in [5.74, 6) is -0.0544. The third kappa shape index (κ3) is 3.19. The Hall–Kier alpha value is -1.09. The summed E-state index contributed by atoms with van der Waals surface area (Å²) in [6, 6.07) is 3.65. The predicted molar refractivity (Wildman–Crippen MR) is 70.7 cm³/mol. The van der Waals surface area contributed by atoms with Gasteiger partial charge in [-0.15, -0.1) is 11.3 Å². The maximum Gasteiger partial charge on any atom is 0.345 e. The summed E-state index contributed by atoms with van der Waals surface area (Å²) in [6.07, 6.45) is 8.22. The van der Waals surface area contributed by atoms with Crippen molar-refractivity contribution in [3.8, 4) is 0 Å². The van der Waals surface area contributed by atoms with Crippen molar-refractivity contribution in [1.29, 1.82) is 0 Å². The monoisotopic (exact) mass is 250 g/mol. The molecule has 1 heterocycles. The molecule has 1 aromatic heterocycles. The zero-order chi connectivity index (χ0) is 12.3. The maximum atomic E-state index is 10.7. The van der Waals surface area contributed by atoms with Gasteiger partial charge in [-0.2, -0.15) is 0 Å². The van der Waals surface area contributed by atoms with Gasteiger partial charge >= 0.3 is 5.97 Å². The molecular weight excluding hydrogens is 232 g/mol. The summed E-state index contributed by atoms with van der Waals surface area (Å²) in [4.78, 5) is 12.4. The average Bonchev–Trinajstić information content (AvgIpc) is 2.89. The van der Waals surface area contributed by atoms with Gasteiger partial charge in [0.1, 0.15) is 4.88 Å². The van der Waals surface area contributed by atoms with E-state index in [1.165, 1.54) is 35.5 Å². The summed E-state index contributed by atoms with van der Waals surface area (Å²) < 4.78 is 0. The van der Waals surface area contributed by atoms with Gasteiger partial charge < -0.3 is 5.11 Å². The molecule has 0 saturated carbocycles. The minimum atomic E-state index is -0.812. The fourth-order valence-corrected chi connectivity index (χ4v) is 3.24. The van der Waals surface area contributed by atoms with Crippen molar-refractivity contribution >= 4 is 17.3 Å². The number of carbonyl (C=O) groups is 1. The lowest BCUT2D eigenvalue weighted by atomic mass is 9.99. The molecule has 1 aliphatic rings. The van der Waals surface area contributed by atoms with Crippen LogP contribution in [0.5, 0.6) is 0 Å². The lowest BCUT2D eigenvalue weighted by Gasteiger charge is -2.07. The summed E-state index contributed by atoms with van der Waals surface area (Å²) >= 11 is 1.41. The van der Waals surface area contributed by atoms with E-state index in [9.17, 15) is 4.79 Å². The van der Waals surface area contributed by atoms with Crippen molar-refractivity contribution in [3.63, 3.8) is 0 Å². The number of hydrogen-bond acceptors (Lipinski definition) is 2. The van der Waals surface area contributed by atoms with E-state index in [1.54, 1.807) is 11.6 Å². The molecule has 0 fully saturated rings. The predicted octanol–water partition coefficient (Wildman–Crippen LogP) is 4.13. The highest BCUT2D eigenvalue weighted by molar-refractivity contribution is 7.13. The molecule has 3 heteroatoms. The van der Waals surface area contributed by atoms with E-state index >= 15 is 0 Å². The van der Waals surface area contributed by atoms with Gasteiger partial charge in [0.15, 0.2) is 0 Å². The number of aromatic carboxylic acids is 1. The highest BCUT2D eigenvalue weighted by Gasteiger charge is 2.13. The minimum absolute atomic E-state index is 0.452. The summed E-state index contributed by atoms with van der Waals surface area (Å²) in [7, 11) is 0. The van der Waals surface area contributed by atoms with Crippen LogP contribution in [0, 0.1) is 5.92 Å². The van der Waals surface area contributed by atoms with Crippen LogP contribution in [0.4, 0.5) is 0 Å². The zero-order valence-electron chi connectivity index (χ0n) is 10.1. The van der Waals surface area contributed by atoms with Crippen molar-refractivity contribution in [2.75, 3.05) is 0 Å². The highest BCUT2D eigenvalue weighted by atomic mass is 32.1. The van der Waals surface area contributed by atoms with Gasteiger partial charge in [-0.05, 0) is 50.2 Å². The first kappa shape index (κ1) is 12.4. The van der Waals surface area contributed by atoms with Crippen LogP contribution in [0.1, 0.15) is 47.2 Å². The topological polar surface area (TPSA) is 37.3 Å². The SMILES string of the molecule is CC1CCC=C1CCCc1ccc(C(=O)O)s1. The van der Waals surface area contributed by atoms with Gasteiger partial charge in [0.25, 0.3) is 0 Å². The van der Waals surface area contributed by atoms with Crippen molar-refractivity contribution in [2.24, 2.45) is 5.92 Å². The first-order valence-corrected chi connectivity index (χ1v) is 6.99. The number of carboxylic acids is 1. The lowest BCUT2D eigenvalue weighted by Crippen LogP contribution is -1.93. The third-order valence-corrected chi connectivity index (χ3v) is 4.53. The normalized spacial score (nSPS) is 19.4. The third-order valence-electron chi connectivity index (χ3n) is 3.40. The molecule has 0 bridgehead atoms. The van der Waals surface area contributed by atoms with E-state index in [2.05, 4.69) is 13.0 Å². The molecule has 0 spiro atoms. The van der Waals surface area contributed by atoms with E-state index in [0.717, 1.165) is 18.8 Å².